The molecule has 112 valence electrons. The number of pyridine rings is 1. The van der Waals surface area contributed by atoms with E-state index in [0.717, 1.165) is 31.6 Å². The van der Waals surface area contributed by atoms with Crippen LogP contribution in [0.1, 0.15) is 41.9 Å². The van der Waals surface area contributed by atoms with E-state index in [2.05, 4.69) is 4.98 Å². The highest BCUT2D eigenvalue weighted by molar-refractivity contribution is 5.95. The molecular formula is C16H21N3O2. The number of hydrogen-bond acceptors (Lipinski definition) is 3. The Kier molecular flexibility index (Phi) is 3.82. The predicted molar refractivity (Wildman–Crippen MR) is 80.9 cm³/mol. The minimum atomic E-state index is 0.0788. The van der Waals surface area contributed by atoms with Crippen molar-refractivity contribution in [3.8, 4) is 5.75 Å². The molecule has 0 radical (unpaired) electrons. The van der Waals surface area contributed by atoms with Crippen molar-refractivity contribution >= 4 is 11.6 Å². The molecular weight excluding hydrogens is 266 g/mol. The molecule has 0 spiro atoms. The zero-order valence-corrected chi connectivity index (χ0v) is 12.6. The average Bonchev–Trinajstić information content (AvgIpc) is 2.68. The van der Waals surface area contributed by atoms with Crippen molar-refractivity contribution in [2.45, 2.75) is 32.6 Å². The van der Waals surface area contributed by atoms with Crippen molar-refractivity contribution in [2.24, 2.45) is 0 Å². The summed E-state index contributed by atoms with van der Waals surface area (Å²) in [5.74, 6) is 0.769. The number of rotatable bonds is 2. The van der Waals surface area contributed by atoms with E-state index in [1.54, 1.807) is 7.11 Å². The number of carbonyl (C=O) groups excluding carboxylic acids is 1. The maximum atomic E-state index is 12.9. The molecule has 0 atom stereocenters. The lowest BCUT2D eigenvalue weighted by Gasteiger charge is -2.20. The molecule has 5 nitrogen and oxygen atoms in total. The zero-order chi connectivity index (χ0) is 14.8. The minimum Gasteiger partial charge on any atom is -0.493 e. The summed E-state index contributed by atoms with van der Waals surface area (Å²) in [6.07, 6.45) is 6.48. The highest BCUT2D eigenvalue weighted by Crippen LogP contribution is 2.23. The van der Waals surface area contributed by atoms with Crippen LogP contribution in [0.3, 0.4) is 0 Å². The molecule has 0 N–H and O–H groups in total. The first-order chi connectivity index (χ1) is 10.2. The van der Waals surface area contributed by atoms with Crippen LogP contribution in [0.5, 0.6) is 5.75 Å². The van der Waals surface area contributed by atoms with Gasteiger partial charge >= 0.3 is 0 Å². The van der Waals surface area contributed by atoms with Gasteiger partial charge in [-0.3, -0.25) is 9.20 Å². The monoisotopic (exact) mass is 287 g/mol. The van der Waals surface area contributed by atoms with Crippen LogP contribution in [0.4, 0.5) is 0 Å². The number of ether oxygens (including phenoxy) is 1. The summed E-state index contributed by atoms with van der Waals surface area (Å²) in [4.78, 5) is 19.3. The summed E-state index contributed by atoms with van der Waals surface area (Å²) >= 11 is 0. The van der Waals surface area contributed by atoms with Crippen LogP contribution < -0.4 is 4.74 Å². The highest BCUT2D eigenvalue weighted by Gasteiger charge is 2.24. The van der Waals surface area contributed by atoms with Gasteiger partial charge in [0, 0.05) is 19.3 Å². The Morgan fingerprint density at radius 2 is 1.95 bits per heavy atom. The Morgan fingerprint density at radius 1 is 1.24 bits per heavy atom. The third kappa shape index (κ3) is 2.48. The van der Waals surface area contributed by atoms with Crippen LogP contribution in [0.15, 0.2) is 18.3 Å². The average molecular weight is 287 g/mol. The van der Waals surface area contributed by atoms with E-state index in [4.69, 9.17) is 4.74 Å². The molecule has 1 aliphatic rings. The van der Waals surface area contributed by atoms with E-state index >= 15 is 0 Å². The van der Waals surface area contributed by atoms with Crippen molar-refractivity contribution in [2.75, 3.05) is 20.2 Å². The van der Waals surface area contributed by atoms with Crippen LogP contribution >= 0.6 is 0 Å². The van der Waals surface area contributed by atoms with Gasteiger partial charge in [0.1, 0.15) is 5.69 Å². The number of aromatic nitrogens is 2. The number of hydrogen-bond donors (Lipinski definition) is 0. The summed E-state index contributed by atoms with van der Waals surface area (Å²) in [6, 6.07) is 3.74. The maximum absolute atomic E-state index is 12.9. The molecule has 0 aliphatic carbocycles. The number of likely N-dealkylation sites (tertiary alicyclic amines) is 1. The fraction of sp³-hybridized carbons (Fsp3) is 0.500. The molecule has 1 fully saturated rings. The van der Waals surface area contributed by atoms with Gasteiger partial charge < -0.3 is 9.64 Å². The second kappa shape index (κ2) is 5.76. The lowest BCUT2D eigenvalue weighted by molar-refractivity contribution is 0.0754. The predicted octanol–water partition coefficient (Wildman–Crippen LogP) is 2.67. The second-order valence-corrected chi connectivity index (χ2v) is 5.52. The van der Waals surface area contributed by atoms with Gasteiger partial charge in [0.2, 0.25) is 0 Å². The molecule has 3 rings (SSSR count). The summed E-state index contributed by atoms with van der Waals surface area (Å²) in [6.45, 7) is 3.57. The number of methoxy groups -OCH3 is 1. The Balaban J connectivity index is 2.03. The van der Waals surface area contributed by atoms with Crippen LogP contribution in [0.2, 0.25) is 0 Å². The number of amides is 1. The van der Waals surface area contributed by atoms with Crippen LogP contribution in [0, 0.1) is 6.92 Å². The molecule has 3 heterocycles. The van der Waals surface area contributed by atoms with Gasteiger partial charge in [-0.15, -0.1) is 0 Å². The summed E-state index contributed by atoms with van der Waals surface area (Å²) in [5, 5.41) is 0. The summed E-state index contributed by atoms with van der Waals surface area (Å²) < 4.78 is 7.18. The van der Waals surface area contributed by atoms with Gasteiger partial charge in [-0.1, -0.05) is 12.8 Å². The number of fused-ring (bicyclic) bond motifs is 1. The van der Waals surface area contributed by atoms with Crippen LogP contribution in [-0.2, 0) is 0 Å². The molecule has 2 aromatic rings. The smallest absolute Gasteiger partial charge is 0.272 e. The van der Waals surface area contributed by atoms with Crippen molar-refractivity contribution in [1.29, 1.82) is 0 Å². The van der Waals surface area contributed by atoms with E-state index in [1.165, 1.54) is 12.8 Å². The lowest BCUT2D eigenvalue weighted by atomic mass is 10.2. The lowest BCUT2D eigenvalue weighted by Crippen LogP contribution is -2.33. The van der Waals surface area contributed by atoms with Crippen molar-refractivity contribution in [3.05, 3.63) is 29.7 Å². The molecule has 5 heteroatoms. The van der Waals surface area contributed by atoms with Gasteiger partial charge in [-0.2, -0.15) is 0 Å². The number of imidazole rings is 1. The molecule has 1 saturated heterocycles. The molecule has 21 heavy (non-hydrogen) atoms. The number of nitrogens with zero attached hydrogens (tertiary/aromatic N) is 3. The Labute approximate surface area is 124 Å². The fourth-order valence-electron chi connectivity index (χ4n) is 3.00. The van der Waals surface area contributed by atoms with Crippen LogP contribution in [-0.4, -0.2) is 40.4 Å². The standard InChI is InChI=1S/C16H21N3O2/c1-12-14(16(20)18-9-5-3-4-6-10-18)19-11-7-8-13(21-2)15(19)17-12/h7-8,11H,3-6,9-10H2,1-2H3. The summed E-state index contributed by atoms with van der Waals surface area (Å²) in [7, 11) is 1.62. The summed E-state index contributed by atoms with van der Waals surface area (Å²) in [5.41, 5.74) is 2.12. The van der Waals surface area contributed by atoms with Crippen molar-refractivity contribution in [1.82, 2.24) is 14.3 Å². The third-order valence-corrected chi connectivity index (χ3v) is 4.10. The molecule has 0 saturated carbocycles. The second-order valence-electron chi connectivity index (χ2n) is 5.52. The van der Waals surface area contributed by atoms with Crippen molar-refractivity contribution in [3.63, 3.8) is 0 Å². The van der Waals surface area contributed by atoms with Gasteiger partial charge in [0.25, 0.3) is 5.91 Å². The Hall–Kier alpha value is -2.04. The molecule has 0 bridgehead atoms. The topological polar surface area (TPSA) is 46.8 Å². The van der Waals surface area contributed by atoms with E-state index in [-0.39, 0.29) is 5.91 Å². The van der Waals surface area contributed by atoms with Gasteiger partial charge in [0.15, 0.2) is 11.4 Å². The van der Waals surface area contributed by atoms with Gasteiger partial charge in [-0.05, 0) is 31.9 Å². The van der Waals surface area contributed by atoms with Gasteiger partial charge in [0.05, 0.1) is 12.8 Å². The normalized spacial score (nSPS) is 16.0. The molecule has 0 aromatic carbocycles. The number of carbonyl (C=O) groups is 1. The highest BCUT2D eigenvalue weighted by atomic mass is 16.5. The van der Waals surface area contributed by atoms with E-state index in [0.29, 0.717) is 17.1 Å². The quantitative estimate of drug-likeness (QED) is 0.853. The first kappa shape index (κ1) is 13.9. The fourth-order valence-corrected chi connectivity index (χ4v) is 3.00. The Morgan fingerprint density at radius 3 is 2.62 bits per heavy atom. The van der Waals surface area contributed by atoms with E-state index in [9.17, 15) is 4.79 Å². The SMILES string of the molecule is COc1cccn2c(C(=O)N3CCCCCC3)c(C)nc12. The number of aryl methyl sites for hydroxylation is 1. The van der Waals surface area contributed by atoms with Crippen LogP contribution in [0.25, 0.3) is 5.65 Å². The molecule has 0 unspecified atom stereocenters. The van der Waals surface area contributed by atoms with E-state index in [1.807, 2.05) is 34.6 Å². The maximum Gasteiger partial charge on any atom is 0.272 e. The largest absolute Gasteiger partial charge is 0.493 e. The first-order valence-electron chi connectivity index (χ1n) is 7.53. The van der Waals surface area contributed by atoms with Crippen molar-refractivity contribution < 1.29 is 9.53 Å². The van der Waals surface area contributed by atoms with Gasteiger partial charge in [-0.25, -0.2) is 4.98 Å². The molecule has 1 amide bonds. The minimum absolute atomic E-state index is 0.0788. The first-order valence-corrected chi connectivity index (χ1v) is 7.53. The molecule has 1 aliphatic heterocycles. The third-order valence-electron chi connectivity index (χ3n) is 4.10. The Bertz CT molecular complexity index is 655. The van der Waals surface area contributed by atoms with E-state index < -0.39 is 0 Å². The molecule has 2 aromatic heterocycles. The zero-order valence-electron chi connectivity index (χ0n) is 12.6.